The topological polar surface area (TPSA) is 71.4 Å². The predicted molar refractivity (Wildman–Crippen MR) is 125 cm³/mol. The SMILES string of the molecule is Cc1ccc([C@@H]2CCCN2C(=O)c2ccc(=O)n(CC(=O)NC3CCCCC3)c2)cc1C. The number of hydrogen-bond donors (Lipinski definition) is 1. The van der Waals surface area contributed by atoms with E-state index < -0.39 is 0 Å². The van der Waals surface area contributed by atoms with E-state index in [1.807, 2.05) is 4.90 Å². The van der Waals surface area contributed by atoms with Gasteiger partial charge in [-0.15, -0.1) is 0 Å². The zero-order chi connectivity index (χ0) is 22.7. The molecule has 1 aliphatic carbocycles. The van der Waals surface area contributed by atoms with E-state index >= 15 is 0 Å². The third-order valence-corrected chi connectivity index (χ3v) is 6.94. The van der Waals surface area contributed by atoms with Crippen LogP contribution in [0.4, 0.5) is 0 Å². The van der Waals surface area contributed by atoms with E-state index in [9.17, 15) is 14.4 Å². The molecule has 0 unspecified atom stereocenters. The van der Waals surface area contributed by atoms with Crippen LogP contribution in [-0.2, 0) is 11.3 Å². The van der Waals surface area contributed by atoms with E-state index in [2.05, 4.69) is 37.4 Å². The summed E-state index contributed by atoms with van der Waals surface area (Å²) in [4.78, 5) is 40.1. The van der Waals surface area contributed by atoms with E-state index in [4.69, 9.17) is 0 Å². The number of rotatable bonds is 5. The minimum absolute atomic E-state index is 0.0387. The number of carbonyl (C=O) groups excluding carboxylic acids is 2. The zero-order valence-corrected chi connectivity index (χ0v) is 19.1. The molecule has 1 aliphatic heterocycles. The molecule has 1 saturated carbocycles. The lowest BCUT2D eigenvalue weighted by Crippen LogP contribution is -2.40. The van der Waals surface area contributed by atoms with Crippen LogP contribution in [-0.4, -0.2) is 33.9 Å². The number of pyridine rings is 1. The highest BCUT2D eigenvalue weighted by molar-refractivity contribution is 5.94. The molecule has 2 aromatic rings. The summed E-state index contributed by atoms with van der Waals surface area (Å²) < 4.78 is 1.35. The second-order valence-electron chi connectivity index (χ2n) is 9.29. The fraction of sp³-hybridized carbons (Fsp3) is 0.500. The first kappa shape index (κ1) is 22.3. The molecule has 0 spiro atoms. The van der Waals surface area contributed by atoms with E-state index in [-0.39, 0.29) is 36.0 Å². The first-order chi connectivity index (χ1) is 15.4. The Morgan fingerprint density at radius 1 is 0.969 bits per heavy atom. The van der Waals surface area contributed by atoms with Gasteiger partial charge in [0.15, 0.2) is 0 Å². The van der Waals surface area contributed by atoms with E-state index in [0.29, 0.717) is 12.1 Å². The molecule has 2 amide bonds. The maximum Gasteiger partial charge on any atom is 0.255 e. The van der Waals surface area contributed by atoms with Gasteiger partial charge in [-0.3, -0.25) is 14.4 Å². The van der Waals surface area contributed by atoms with Gasteiger partial charge in [-0.05, 0) is 62.3 Å². The molecule has 2 aliphatic rings. The first-order valence-electron chi connectivity index (χ1n) is 11.8. The van der Waals surface area contributed by atoms with Crippen LogP contribution in [0.25, 0.3) is 0 Å². The highest BCUT2D eigenvalue weighted by Crippen LogP contribution is 2.33. The van der Waals surface area contributed by atoms with Crippen molar-refractivity contribution in [3.8, 4) is 0 Å². The third kappa shape index (κ3) is 4.95. The molecule has 1 atom stereocenters. The highest BCUT2D eigenvalue weighted by Gasteiger charge is 2.31. The van der Waals surface area contributed by atoms with Crippen molar-refractivity contribution < 1.29 is 9.59 Å². The molecule has 1 aromatic carbocycles. The van der Waals surface area contributed by atoms with Gasteiger partial charge in [-0.25, -0.2) is 0 Å². The second-order valence-corrected chi connectivity index (χ2v) is 9.29. The Morgan fingerprint density at radius 2 is 1.75 bits per heavy atom. The molecule has 6 heteroatoms. The predicted octanol–water partition coefficient (Wildman–Crippen LogP) is 3.89. The average molecular weight is 436 g/mol. The largest absolute Gasteiger partial charge is 0.352 e. The Balaban J connectivity index is 1.49. The van der Waals surface area contributed by atoms with Gasteiger partial charge in [0.25, 0.3) is 11.5 Å². The number of nitrogens with zero attached hydrogens (tertiary/aromatic N) is 2. The summed E-state index contributed by atoms with van der Waals surface area (Å²) in [5, 5.41) is 3.04. The number of amides is 2. The van der Waals surface area contributed by atoms with Crippen molar-refractivity contribution in [3.05, 3.63) is 69.1 Å². The van der Waals surface area contributed by atoms with Gasteiger partial charge in [0.2, 0.25) is 5.91 Å². The van der Waals surface area contributed by atoms with Gasteiger partial charge in [0.1, 0.15) is 6.54 Å². The molecule has 2 heterocycles. The Labute approximate surface area is 189 Å². The Morgan fingerprint density at radius 3 is 2.50 bits per heavy atom. The molecule has 1 N–H and O–H groups in total. The van der Waals surface area contributed by atoms with Gasteiger partial charge in [-0.2, -0.15) is 0 Å². The molecule has 0 bridgehead atoms. The van der Waals surface area contributed by atoms with Crippen LogP contribution in [0.5, 0.6) is 0 Å². The molecule has 1 saturated heterocycles. The highest BCUT2D eigenvalue weighted by atomic mass is 16.2. The zero-order valence-electron chi connectivity index (χ0n) is 19.1. The average Bonchev–Trinajstić information content (AvgIpc) is 3.27. The van der Waals surface area contributed by atoms with Gasteiger partial charge < -0.3 is 14.8 Å². The monoisotopic (exact) mass is 435 g/mol. The smallest absolute Gasteiger partial charge is 0.255 e. The Kier molecular flexibility index (Phi) is 6.77. The summed E-state index contributed by atoms with van der Waals surface area (Å²) in [6, 6.07) is 9.59. The van der Waals surface area contributed by atoms with Gasteiger partial charge >= 0.3 is 0 Å². The molecule has 2 fully saturated rings. The summed E-state index contributed by atoms with van der Waals surface area (Å²) in [5.41, 5.74) is 3.79. The first-order valence-corrected chi connectivity index (χ1v) is 11.8. The van der Waals surface area contributed by atoms with E-state index in [0.717, 1.165) is 44.1 Å². The fourth-order valence-electron chi connectivity index (χ4n) is 4.95. The van der Waals surface area contributed by atoms with E-state index in [1.54, 1.807) is 12.3 Å². The quantitative estimate of drug-likeness (QED) is 0.775. The van der Waals surface area contributed by atoms with Crippen molar-refractivity contribution in [1.82, 2.24) is 14.8 Å². The van der Waals surface area contributed by atoms with Crippen molar-refractivity contribution in [2.75, 3.05) is 6.54 Å². The summed E-state index contributed by atoms with van der Waals surface area (Å²) >= 11 is 0. The molecule has 32 heavy (non-hydrogen) atoms. The third-order valence-electron chi connectivity index (χ3n) is 6.94. The number of aromatic nitrogens is 1. The molecular formula is C26H33N3O3. The van der Waals surface area contributed by atoms with Crippen molar-refractivity contribution >= 4 is 11.8 Å². The van der Waals surface area contributed by atoms with Gasteiger partial charge in [-0.1, -0.05) is 37.5 Å². The lowest BCUT2D eigenvalue weighted by Gasteiger charge is -2.26. The van der Waals surface area contributed by atoms with Crippen LogP contribution in [0.2, 0.25) is 0 Å². The van der Waals surface area contributed by atoms with Gasteiger partial charge in [0, 0.05) is 24.8 Å². The molecule has 170 valence electrons. The van der Waals surface area contributed by atoms with Crippen molar-refractivity contribution in [3.63, 3.8) is 0 Å². The van der Waals surface area contributed by atoms with Crippen LogP contribution in [0.1, 0.15) is 78.0 Å². The summed E-state index contributed by atoms with van der Waals surface area (Å²) in [5.74, 6) is -0.259. The van der Waals surface area contributed by atoms with Crippen LogP contribution in [0.15, 0.2) is 41.3 Å². The lowest BCUT2D eigenvalue weighted by atomic mass is 9.95. The minimum atomic E-state index is -0.271. The summed E-state index contributed by atoms with van der Waals surface area (Å²) in [6.45, 7) is 4.81. The van der Waals surface area contributed by atoms with Crippen molar-refractivity contribution in [2.45, 2.75) is 77.4 Å². The normalized spacial score (nSPS) is 19.2. The summed E-state index contributed by atoms with van der Waals surface area (Å²) in [6.07, 6.45) is 8.89. The molecule has 1 aromatic heterocycles. The lowest BCUT2D eigenvalue weighted by molar-refractivity contribution is -0.122. The fourth-order valence-corrected chi connectivity index (χ4v) is 4.95. The molecule has 6 nitrogen and oxygen atoms in total. The van der Waals surface area contributed by atoms with Crippen LogP contribution in [0, 0.1) is 13.8 Å². The number of hydrogen-bond acceptors (Lipinski definition) is 3. The number of nitrogens with one attached hydrogen (secondary N) is 1. The Bertz CT molecular complexity index is 1050. The van der Waals surface area contributed by atoms with Crippen molar-refractivity contribution in [2.24, 2.45) is 0 Å². The summed E-state index contributed by atoms with van der Waals surface area (Å²) in [7, 11) is 0. The molecular weight excluding hydrogens is 402 g/mol. The van der Waals surface area contributed by atoms with E-state index in [1.165, 1.54) is 28.2 Å². The minimum Gasteiger partial charge on any atom is -0.352 e. The maximum atomic E-state index is 13.4. The number of aryl methyl sites for hydroxylation is 2. The standard InChI is InChI=1S/C26H33N3O3/c1-18-10-11-20(15-19(18)2)23-9-6-14-29(23)26(32)21-12-13-25(31)28(16-21)17-24(30)27-22-7-4-3-5-8-22/h10-13,15-16,22-23H,3-9,14,17H2,1-2H3,(H,27,30)/t23-/m0/s1. The maximum absolute atomic E-state index is 13.4. The van der Waals surface area contributed by atoms with Crippen LogP contribution < -0.4 is 10.9 Å². The Hall–Kier alpha value is -2.89. The second kappa shape index (κ2) is 9.72. The molecule has 0 radical (unpaired) electrons. The number of carbonyl (C=O) groups is 2. The van der Waals surface area contributed by atoms with Crippen LogP contribution in [0.3, 0.4) is 0 Å². The molecule has 4 rings (SSSR count). The number of likely N-dealkylation sites (tertiary alicyclic amines) is 1. The van der Waals surface area contributed by atoms with Gasteiger partial charge in [0.05, 0.1) is 11.6 Å². The van der Waals surface area contributed by atoms with Crippen LogP contribution >= 0.6 is 0 Å². The van der Waals surface area contributed by atoms with Crippen molar-refractivity contribution in [1.29, 1.82) is 0 Å². The number of benzene rings is 1.